The molecule has 31 heavy (non-hydrogen) atoms. The molecular weight excluding hydrogens is 407 g/mol. The van der Waals surface area contributed by atoms with Gasteiger partial charge in [-0.2, -0.15) is 4.98 Å². The van der Waals surface area contributed by atoms with Crippen molar-refractivity contribution in [2.45, 2.75) is 13.3 Å². The number of ether oxygens (including phenoxy) is 1. The van der Waals surface area contributed by atoms with Crippen molar-refractivity contribution < 1.29 is 17.9 Å². The van der Waals surface area contributed by atoms with Crippen molar-refractivity contribution in [1.29, 1.82) is 0 Å². The molecule has 2 aliphatic rings. The maximum Gasteiger partial charge on any atom is 0.246 e. The highest BCUT2D eigenvalue weighted by Gasteiger charge is 2.36. The number of rotatable bonds is 5. The van der Waals surface area contributed by atoms with Gasteiger partial charge in [0.2, 0.25) is 5.95 Å². The van der Waals surface area contributed by atoms with Crippen molar-refractivity contribution in [1.82, 2.24) is 15.2 Å². The number of anilines is 3. The molecule has 2 fully saturated rings. The first-order valence-electron chi connectivity index (χ1n) is 10.2. The summed E-state index contributed by atoms with van der Waals surface area (Å²) in [4.78, 5) is 6.23. The summed E-state index contributed by atoms with van der Waals surface area (Å²) < 4.78 is 47.7. The van der Waals surface area contributed by atoms with Gasteiger partial charge in [0.1, 0.15) is 11.6 Å². The van der Waals surface area contributed by atoms with E-state index in [0.29, 0.717) is 17.5 Å². The number of benzene rings is 2. The van der Waals surface area contributed by atoms with Gasteiger partial charge in [0.05, 0.1) is 11.4 Å². The fraction of sp³-hybridized carbons (Fsp3) is 0.364. The fourth-order valence-electron chi connectivity index (χ4n) is 4.26. The van der Waals surface area contributed by atoms with Crippen LogP contribution in [0.25, 0.3) is 11.4 Å². The Morgan fingerprint density at radius 2 is 1.84 bits per heavy atom. The Morgan fingerprint density at radius 1 is 1.06 bits per heavy atom. The molecule has 0 amide bonds. The molecule has 5 rings (SSSR count). The van der Waals surface area contributed by atoms with Crippen LogP contribution >= 0.6 is 0 Å². The number of hydrogen-bond donors (Lipinski definition) is 2. The predicted octanol–water partition coefficient (Wildman–Crippen LogP) is 4.41. The van der Waals surface area contributed by atoms with E-state index in [0.717, 1.165) is 56.5 Å². The van der Waals surface area contributed by atoms with Gasteiger partial charge in [-0.1, -0.05) is 0 Å². The first-order valence-corrected chi connectivity index (χ1v) is 10.2. The average molecular weight is 429 g/mol. The summed E-state index contributed by atoms with van der Waals surface area (Å²) in [6.07, 6.45) is 1.07. The Labute approximate surface area is 177 Å². The minimum absolute atomic E-state index is 0.111. The van der Waals surface area contributed by atoms with E-state index in [9.17, 15) is 8.78 Å². The second kappa shape index (κ2) is 7.88. The van der Waals surface area contributed by atoms with Crippen LogP contribution in [0.15, 0.2) is 30.3 Å². The van der Waals surface area contributed by atoms with Crippen LogP contribution in [0, 0.1) is 36.2 Å². The van der Waals surface area contributed by atoms with Gasteiger partial charge in [-0.05, 0) is 55.0 Å². The maximum absolute atomic E-state index is 15.3. The van der Waals surface area contributed by atoms with Crippen LogP contribution in [0.4, 0.5) is 30.5 Å². The highest BCUT2D eigenvalue weighted by molar-refractivity contribution is 5.67. The van der Waals surface area contributed by atoms with Crippen LogP contribution in [0.1, 0.15) is 12.0 Å². The molecule has 2 saturated heterocycles. The molecule has 3 aromatic rings. The molecule has 0 aliphatic carbocycles. The van der Waals surface area contributed by atoms with Gasteiger partial charge >= 0.3 is 0 Å². The lowest BCUT2D eigenvalue weighted by Crippen LogP contribution is -2.50. The maximum atomic E-state index is 15.3. The van der Waals surface area contributed by atoms with Crippen molar-refractivity contribution in [3.63, 3.8) is 0 Å². The number of aromatic nitrogens is 3. The summed E-state index contributed by atoms with van der Waals surface area (Å²) >= 11 is 0. The van der Waals surface area contributed by atoms with Crippen molar-refractivity contribution in [3.05, 3.63) is 53.3 Å². The Kier molecular flexibility index (Phi) is 5.05. The van der Waals surface area contributed by atoms with Gasteiger partial charge in [-0.15, -0.1) is 5.10 Å². The second-order valence-corrected chi connectivity index (χ2v) is 8.23. The fourth-order valence-corrected chi connectivity index (χ4v) is 4.26. The van der Waals surface area contributed by atoms with Crippen molar-refractivity contribution >= 4 is 17.3 Å². The average Bonchev–Trinajstić information content (AvgIpc) is 3.35. The number of halogens is 3. The molecule has 162 valence electrons. The summed E-state index contributed by atoms with van der Waals surface area (Å²) in [6.45, 7) is 5.13. The van der Waals surface area contributed by atoms with E-state index in [2.05, 4.69) is 20.5 Å². The first-order chi connectivity index (χ1) is 15.0. The molecule has 1 unspecified atom stereocenters. The molecule has 0 bridgehead atoms. The first kappa shape index (κ1) is 19.9. The van der Waals surface area contributed by atoms with Crippen molar-refractivity contribution in [2.24, 2.45) is 11.8 Å². The quantitative estimate of drug-likeness (QED) is 0.629. The zero-order valence-electron chi connectivity index (χ0n) is 17.0. The molecule has 2 aliphatic heterocycles. The molecule has 3 heterocycles. The van der Waals surface area contributed by atoms with Gasteiger partial charge < -0.3 is 15.0 Å². The van der Waals surface area contributed by atoms with Gasteiger partial charge in [0.15, 0.2) is 11.6 Å². The van der Waals surface area contributed by atoms with Gasteiger partial charge in [0, 0.05) is 37.9 Å². The highest BCUT2D eigenvalue weighted by Crippen LogP contribution is 2.37. The second-order valence-electron chi connectivity index (χ2n) is 8.23. The summed E-state index contributed by atoms with van der Waals surface area (Å²) in [5.74, 6) is -0.435. The van der Waals surface area contributed by atoms with E-state index in [1.807, 2.05) is 17.9 Å². The monoisotopic (exact) mass is 429 g/mol. The van der Waals surface area contributed by atoms with E-state index in [1.165, 1.54) is 0 Å². The Balaban J connectivity index is 1.34. The molecule has 1 aromatic heterocycles. The standard InChI is InChI=1S/C22H22F3N5O/c1-12-4-18(20(25)19(5-12)30-9-15(10-30)13-2-3-31-11-13)26-22-27-21(28-29-22)14-6-16(23)8-17(24)7-14/h4-8,13,15H,2-3,9-11H2,1H3,(H2,26,27,28,29). The Hall–Kier alpha value is -3.07. The van der Waals surface area contributed by atoms with E-state index in [-0.39, 0.29) is 28.8 Å². The van der Waals surface area contributed by atoms with Gasteiger partial charge in [0.25, 0.3) is 0 Å². The van der Waals surface area contributed by atoms with E-state index < -0.39 is 11.6 Å². The van der Waals surface area contributed by atoms with Crippen molar-refractivity contribution in [3.8, 4) is 11.4 Å². The van der Waals surface area contributed by atoms with Crippen LogP contribution < -0.4 is 10.2 Å². The lowest BCUT2D eigenvalue weighted by Gasteiger charge is -2.44. The molecule has 2 aromatic carbocycles. The number of nitrogens with zero attached hydrogens (tertiary/aromatic N) is 3. The van der Waals surface area contributed by atoms with Crippen LogP contribution in [-0.4, -0.2) is 41.5 Å². The number of hydrogen-bond acceptors (Lipinski definition) is 5. The number of nitrogens with one attached hydrogen (secondary N) is 2. The van der Waals surface area contributed by atoms with Crippen LogP contribution in [0.2, 0.25) is 0 Å². The lowest BCUT2D eigenvalue weighted by atomic mass is 9.85. The molecule has 2 N–H and O–H groups in total. The molecular formula is C22H22F3N5O. The third-order valence-corrected chi connectivity index (χ3v) is 5.95. The largest absolute Gasteiger partial charge is 0.381 e. The Bertz CT molecular complexity index is 1090. The van der Waals surface area contributed by atoms with Crippen LogP contribution in [0.3, 0.4) is 0 Å². The molecule has 0 spiro atoms. The van der Waals surface area contributed by atoms with Gasteiger partial charge in [-0.25, -0.2) is 13.2 Å². The summed E-state index contributed by atoms with van der Waals surface area (Å²) in [5, 5.41) is 9.51. The highest BCUT2D eigenvalue weighted by atomic mass is 19.1. The Morgan fingerprint density at radius 3 is 2.55 bits per heavy atom. The zero-order chi connectivity index (χ0) is 21.5. The lowest BCUT2D eigenvalue weighted by molar-refractivity contribution is 0.163. The smallest absolute Gasteiger partial charge is 0.246 e. The topological polar surface area (TPSA) is 66.1 Å². The van der Waals surface area contributed by atoms with E-state index >= 15 is 4.39 Å². The van der Waals surface area contributed by atoms with Crippen molar-refractivity contribution in [2.75, 3.05) is 36.5 Å². The summed E-state index contributed by atoms with van der Waals surface area (Å²) in [7, 11) is 0. The predicted molar refractivity (Wildman–Crippen MR) is 111 cm³/mol. The minimum atomic E-state index is -0.715. The molecule has 0 saturated carbocycles. The third kappa shape index (κ3) is 3.97. The number of aryl methyl sites for hydroxylation is 1. The molecule has 0 radical (unpaired) electrons. The third-order valence-electron chi connectivity index (χ3n) is 5.95. The summed E-state index contributed by atoms with van der Waals surface area (Å²) in [5.41, 5.74) is 1.90. The van der Waals surface area contributed by atoms with E-state index in [1.54, 1.807) is 6.07 Å². The SMILES string of the molecule is Cc1cc(Nc2n[nH]c(-c3cc(F)cc(F)c3)n2)c(F)c(N2CC(C3CCOC3)C2)c1. The van der Waals surface area contributed by atoms with Crippen LogP contribution in [-0.2, 0) is 4.74 Å². The molecule has 9 heteroatoms. The number of H-pyrrole nitrogens is 1. The van der Waals surface area contributed by atoms with Gasteiger partial charge in [-0.3, -0.25) is 5.10 Å². The minimum Gasteiger partial charge on any atom is -0.381 e. The molecule has 1 atom stereocenters. The summed E-state index contributed by atoms with van der Waals surface area (Å²) in [6, 6.07) is 6.59. The zero-order valence-corrected chi connectivity index (χ0v) is 17.0. The van der Waals surface area contributed by atoms with Crippen LogP contribution in [0.5, 0.6) is 0 Å². The number of aromatic amines is 1. The van der Waals surface area contributed by atoms with E-state index in [4.69, 9.17) is 4.74 Å². The normalized spacial score (nSPS) is 19.0. The molecule has 6 nitrogen and oxygen atoms in total.